The van der Waals surface area contributed by atoms with Crippen LogP contribution in [0.4, 0.5) is 0 Å². The minimum atomic E-state index is -0.0338. The first kappa shape index (κ1) is 15.6. The summed E-state index contributed by atoms with van der Waals surface area (Å²) in [6.45, 7) is 0. The van der Waals surface area contributed by atoms with Gasteiger partial charge in [0.2, 0.25) is 5.75 Å². The Balaban J connectivity index is 2.33. The van der Waals surface area contributed by atoms with Gasteiger partial charge in [0, 0.05) is 0 Å². The number of methoxy groups -OCH3 is 3. The van der Waals surface area contributed by atoms with Crippen LogP contribution < -0.4 is 14.2 Å². The second-order valence-electron chi connectivity index (χ2n) is 4.54. The van der Waals surface area contributed by atoms with Gasteiger partial charge in [-0.05, 0) is 35.4 Å². The zero-order chi connectivity index (χ0) is 16.1. The van der Waals surface area contributed by atoms with Crippen LogP contribution in [-0.4, -0.2) is 31.5 Å². The first-order valence-electron chi connectivity index (χ1n) is 6.59. The van der Waals surface area contributed by atoms with Crippen molar-refractivity contribution in [3.63, 3.8) is 0 Å². The molecule has 0 atom stereocenters. The van der Waals surface area contributed by atoms with Crippen LogP contribution >= 0.6 is 0 Å². The van der Waals surface area contributed by atoms with Gasteiger partial charge in [-0.25, -0.2) is 0 Å². The molecule has 0 unspecified atom stereocenters. The lowest BCUT2D eigenvalue weighted by Crippen LogP contribution is -1.90. The van der Waals surface area contributed by atoms with Crippen molar-refractivity contribution in [2.24, 2.45) is 0 Å². The van der Waals surface area contributed by atoms with Crippen molar-refractivity contribution in [2.45, 2.75) is 0 Å². The van der Waals surface area contributed by atoms with E-state index in [2.05, 4.69) is 0 Å². The van der Waals surface area contributed by atoms with Gasteiger partial charge in [-0.3, -0.25) is 0 Å². The Morgan fingerprint density at radius 1 is 0.727 bits per heavy atom. The van der Waals surface area contributed by atoms with Crippen LogP contribution in [0, 0.1) is 0 Å². The number of rotatable bonds is 5. The Morgan fingerprint density at radius 2 is 1.23 bits per heavy atom. The maximum atomic E-state index is 9.88. The van der Waals surface area contributed by atoms with Crippen LogP contribution in [0.15, 0.2) is 30.3 Å². The van der Waals surface area contributed by atoms with Crippen LogP contribution in [0.3, 0.4) is 0 Å². The summed E-state index contributed by atoms with van der Waals surface area (Å²) < 4.78 is 15.3. The fraction of sp³-hybridized carbons (Fsp3) is 0.176. The van der Waals surface area contributed by atoms with Gasteiger partial charge in [0.1, 0.15) is 0 Å². The SMILES string of the molecule is COc1cc(C=Cc2cc(OC)c(O)c(OC)c2)ccc1O. The monoisotopic (exact) mass is 302 g/mol. The molecule has 0 aliphatic carbocycles. The minimum absolute atomic E-state index is 0.0338. The fourth-order valence-corrected chi connectivity index (χ4v) is 2.00. The van der Waals surface area contributed by atoms with Crippen LogP contribution in [0.25, 0.3) is 12.2 Å². The predicted octanol–water partition coefficient (Wildman–Crippen LogP) is 3.29. The lowest BCUT2D eigenvalue weighted by Gasteiger charge is -2.09. The summed E-state index contributed by atoms with van der Waals surface area (Å²) in [5, 5.41) is 19.5. The number of aromatic hydroxyl groups is 2. The molecule has 0 heterocycles. The third-order valence-electron chi connectivity index (χ3n) is 3.17. The van der Waals surface area contributed by atoms with Crippen molar-refractivity contribution in [2.75, 3.05) is 21.3 Å². The molecule has 0 bridgehead atoms. The molecule has 0 fully saturated rings. The summed E-state index contributed by atoms with van der Waals surface area (Å²) in [4.78, 5) is 0. The molecule has 5 heteroatoms. The number of phenolic OH excluding ortho intramolecular Hbond substituents is 2. The van der Waals surface area contributed by atoms with E-state index >= 15 is 0 Å². The van der Waals surface area contributed by atoms with Crippen molar-refractivity contribution < 1.29 is 24.4 Å². The summed E-state index contributed by atoms with van der Waals surface area (Å²) in [5.74, 6) is 1.13. The number of phenols is 2. The first-order valence-corrected chi connectivity index (χ1v) is 6.59. The van der Waals surface area contributed by atoms with Crippen molar-refractivity contribution in [3.05, 3.63) is 41.5 Å². The molecule has 0 aliphatic heterocycles. The molecule has 116 valence electrons. The molecule has 0 spiro atoms. The molecule has 0 saturated carbocycles. The average molecular weight is 302 g/mol. The topological polar surface area (TPSA) is 68.2 Å². The van der Waals surface area contributed by atoms with E-state index in [4.69, 9.17) is 14.2 Å². The molecule has 0 aliphatic rings. The zero-order valence-electron chi connectivity index (χ0n) is 12.7. The van der Waals surface area contributed by atoms with Gasteiger partial charge in [0.25, 0.3) is 0 Å². The van der Waals surface area contributed by atoms with Crippen molar-refractivity contribution in [1.82, 2.24) is 0 Å². The van der Waals surface area contributed by atoms with Gasteiger partial charge in [0.15, 0.2) is 23.0 Å². The van der Waals surface area contributed by atoms with E-state index in [1.165, 1.54) is 21.3 Å². The molecular weight excluding hydrogens is 284 g/mol. The Bertz CT molecular complexity index is 666. The van der Waals surface area contributed by atoms with Crippen molar-refractivity contribution in [1.29, 1.82) is 0 Å². The molecule has 2 aromatic carbocycles. The molecule has 2 N–H and O–H groups in total. The van der Waals surface area contributed by atoms with Gasteiger partial charge in [0.05, 0.1) is 21.3 Å². The second-order valence-corrected chi connectivity index (χ2v) is 4.54. The van der Waals surface area contributed by atoms with E-state index in [9.17, 15) is 10.2 Å². The molecule has 0 radical (unpaired) electrons. The maximum Gasteiger partial charge on any atom is 0.200 e. The maximum absolute atomic E-state index is 9.88. The largest absolute Gasteiger partial charge is 0.504 e. The van der Waals surface area contributed by atoms with Crippen LogP contribution in [-0.2, 0) is 0 Å². The van der Waals surface area contributed by atoms with Crippen molar-refractivity contribution >= 4 is 12.2 Å². The molecule has 5 nitrogen and oxygen atoms in total. The Morgan fingerprint density at radius 3 is 1.77 bits per heavy atom. The predicted molar refractivity (Wildman–Crippen MR) is 84.8 cm³/mol. The number of hydrogen-bond donors (Lipinski definition) is 2. The van der Waals surface area contributed by atoms with E-state index in [0.717, 1.165) is 11.1 Å². The Labute approximate surface area is 129 Å². The lowest BCUT2D eigenvalue weighted by atomic mass is 10.1. The summed E-state index contributed by atoms with van der Waals surface area (Å²) in [7, 11) is 4.46. The molecule has 22 heavy (non-hydrogen) atoms. The average Bonchev–Trinajstić information content (AvgIpc) is 2.54. The molecule has 2 rings (SSSR count). The lowest BCUT2D eigenvalue weighted by molar-refractivity contribution is 0.340. The van der Waals surface area contributed by atoms with E-state index in [1.54, 1.807) is 30.3 Å². The van der Waals surface area contributed by atoms with Crippen LogP contribution in [0.1, 0.15) is 11.1 Å². The quantitative estimate of drug-likeness (QED) is 0.829. The summed E-state index contributed by atoms with van der Waals surface area (Å²) in [6, 6.07) is 8.46. The van der Waals surface area contributed by atoms with Crippen molar-refractivity contribution in [3.8, 4) is 28.7 Å². The standard InChI is InChI=1S/C17H18O5/c1-20-14-8-11(6-7-13(14)18)4-5-12-9-15(21-2)17(19)16(10-12)22-3/h4-10,18-19H,1-3H3. The summed E-state index contributed by atoms with van der Waals surface area (Å²) in [5.41, 5.74) is 1.67. The number of hydrogen-bond acceptors (Lipinski definition) is 5. The molecular formula is C17H18O5. The van der Waals surface area contributed by atoms with Gasteiger partial charge >= 0.3 is 0 Å². The second kappa shape index (κ2) is 6.76. The third-order valence-corrected chi connectivity index (χ3v) is 3.17. The van der Waals surface area contributed by atoms with Gasteiger partial charge in [-0.15, -0.1) is 0 Å². The Hall–Kier alpha value is -2.82. The van der Waals surface area contributed by atoms with Gasteiger partial charge in [-0.2, -0.15) is 0 Å². The van der Waals surface area contributed by atoms with Gasteiger partial charge in [-0.1, -0.05) is 18.2 Å². The van der Waals surface area contributed by atoms with Gasteiger partial charge < -0.3 is 24.4 Å². The molecule has 0 aromatic heterocycles. The Kier molecular flexibility index (Phi) is 4.78. The molecule has 0 saturated heterocycles. The number of ether oxygens (including phenoxy) is 3. The van der Waals surface area contributed by atoms with E-state index < -0.39 is 0 Å². The van der Waals surface area contributed by atoms with E-state index in [0.29, 0.717) is 17.2 Å². The fourth-order valence-electron chi connectivity index (χ4n) is 2.00. The number of benzene rings is 2. The highest BCUT2D eigenvalue weighted by Gasteiger charge is 2.09. The van der Waals surface area contributed by atoms with Crippen LogP contribution in [0.2, 0.25) is 0 Å². The molecule has 2 aromatic rings. The van der Waals surface area contributed by atoms with E-state index in [-0.39, 0.29) is 11.5 Å². The normalized spacial score (nSPS) is 10.7. The minimum Gasteiger partial charge on any atom is -0.504 e. The highest BCUT2D eigenvalue weighted by molar-refractivity contribution is 5.73. The highest BCUT2D eigenvalue weighted by Crippen LogP contribution is 2.37. The zero-order valence-corrected chi connectivity index (χ0v) is 12.7. The molecule has 0 amide bonds. The van der Waals surface area contributed by atoms with Crippen LogP contribution in [0.5, 0.6) is 28.7 Å². The first-order chi connectivity index (χ1) is 10.6. The highest BCUT2D eigenvalue weighted by atomic mass is 16.5. The summed E-state index contributed by atoms with van der Waals surface area (Å²) >= 11 is 0. The third kappa shape index (κ3) is 3.25. The summed E-state index contributed by atoms with van der Waals surface area (Å²) in [6.07, 6.45) is 3.70. The van der Waals surface area contributed by atoms with E-state index in [1.807, 2.05) is 12.2 Å². The smallest absolute Gasteiger partial charge is 0.200 e.